The number of carbonyl (C=O) groups is 1. The van der Waals surface area contributed by atoms with Crippen molar-refractivity contribution >= 4 is 23.4 Å². The second-order valence-corrected chi connectivity index (χ2v) is 5.87. The summed E-state index contributed by atoms with van der Waals surface area (Å²) in [7, 11) is 1.89. The summed E-state index contributed by atoms with van der Waals surface area (Å²) in [6.45, 7) is 2.81. The topological polar surface area (TPSA) is 41.1 Å². The highest BCUT2D eigenvalue weighted by molar-refractivity contribution is 7.99. The van der Waals surface area contributed by atoms with E-state index in [0.29, 0.717) is 5.92 Å². The maximum atomic E-state index is 12.0. The molecule has 0 radical (unpaired) electrons. The number of anilines is 1. The Kier molecular flexibility index (Phi) is 4.53. The van der Waals surface area contributed by atoms with Crippen LogP contribution in [0.4, 0.5) is 5.69 Å². The molecule has 1 heterocycles. The quantitative estimate of drug-likeness (QED) is 0.878. The third-order valence-corrected chi connectivity index (χ3v) is 4.56. The maximum absolute atomic E-state index is 12.0. The van der Waals surface area contributed by atoms with Crippen LogP contribution in [-0.2, 0) is 0 Å². The molecule has 18 heavy (non-hydrogen) atoms. The van der Waals surface area contributed by atoms with E-state index in [1.165, 1.54) is 17.9 Å². The number of aryl methyl sites for hydroxylation is 1. The van der Waals surface area contributed by atoms with Gasteiger partial charge in [0.2, 0.25) is 0 Å². The fourth-order valence-corrected chi connectivity index (χ4v) is 3.45. The van der Waals surface area contributed by atoms with Crippen molar-refractivity contribution in [3.05, 3.63) is 29.3 Å². The van der Waals surface area contributed by atoms with Crippen LogP contribution in [0.2, 0.25) is 0 Å². The second-order valence-electron chi connectivity index (χ2n) is 4.72. The molecule has 1 fully saturated rings. The van der Waals surface area contributed by atoms with Crippen molar-refractivity contribution in [1.29, 1.82) is 0 Å². The number of benzene rings is 1. The molecule has 2 rings (SSSR count). The Morgan fingerprint density at radius 2 is 2.33 bits per heavy atom. The standard InChI is InChI=1S/C14H20N2OS/c1-10-7-12(3-4-13(10)15-2)14(17)16-8-11-5-6-18-9-11/h3-4,7,11,15H,5-6,8-9H2,1-2H3,(H,16,17). The fraction of sp³-hybridized carbons (Fsp3) is 0.500. The van der Waals surface area contributed by atoms with Crippen molar-refractivity contribution in [3.63, 3.8) is 0 Å². The van der Waals surface area contributed by atoms with Crippen LogP contribution >= 0.6 is 11.8 Å². The first-order valence-corrected chi connectivity index (χ1v) is 7.50. The lowest BCUT2D eigenvalue weighted by atomic mass is 10.1. The predicted octanol–water partition coefficient (Wildman–Crippen LogP) is 2.52. The lowest BCUT2D eigenvalue weighted by molar-refractivity contribution is 0.0948. The number of amides is 1. The van der Waals surface area contributed by atoms with Gasteiger partial charge in [0.1, 0.15) is 0 Å². The monoisotopic (exact) mass is 264 g/mol. The Morgan fingerprint density at radius 1 is 1.50 bits per heavy atom. The zero-order valence-corrected chi connectivity index (χ0v) is 11.8. The first-order chi connectivity index (χ1) is 8.70. The summed E-state index contributed by atoms with van der Waals surface area (Å²) < 4.78 is 0. The van der Waals surface area contributed by atoms with Crippen LogP contribution in [0.25, 0.3) is 0 Å². The number of hydrogen-bond acceptors (Lipinski definition) is 3. The van der Waals surface area contributed by atoms with Crippen molar-refractivity contribution < 1.29 is 4.79 Å². The molecule has 0 aliphatic carbocycles. The van der Waals surface area contributed by atoms with E-state index >= 15 is 0 Å². The number of rotatable bonds is 4. The van der Waals surface area contributed by atoms with E-state index in [1.807, 2.05) is 43.9 Å². The van der Waals surface area contributed by atoms with Gasteiger partial charge in [0.05, 0.1) is 0 Å². The van der Waals surface area contributed by atoms with E-state index in [9.17, 15) is 4.79 Å². The average molecular weight is 264 g/mol. The molecule has 0 aromatic heterocycles. The molecule has 1 saturated heterocycles. The summed E-state index contributed by atoms with van der Waals surface area (Å²) in [5, 5.41) is 6.14. The molecular weight excluding hydrogens is 244 g/mol. The minimum atomic E-state index is 0.0395. The smallest absolute Gasteiger partial charge is 0.251 e. The fourth-order valence-electron chi connectivity index (χ4n) is 2.17. The highest BCUT2D eigenvalue weighted by Gasteiger charge is 2.16. The molecule has 1 atom stereocenters. The van der Waals surface area contributed by atoms with Crippen molar-refractivity contribution in [2.24, 2.45) is 5.92 Å². The van der Waals surface area contributed by atoms with E-state index < -0.39 is 0 Å². The van der Waals surface area contributed by atoms with Crippen molar-refractivity contribution in [1.82, 2.24) is 5.32 Å². The van der Waals surface area contributed by atoms with E-state index in [2.05, 4.69) is 10.6 Å². The third-order valence-electron chi connectivity index (χ3n) is 3.33. The van der Waals surface area contributed by atoms with Crippen LogP contribution < -0.4 is 10.6 Å². The molecule has 4 heteroatoms. The molecule has 1 unspecified atom stereocenters. The van der Waals surface area contributed by atoms with E-state index in [-0.39, 0.29) is 5.91 Å². The van der Waals surface area contributed by atoms with Crippen molar-refractivity contribution in [2.75, 3.05) is 30.4 Å². The summed E-state index contributed by atoms with van der Waals surface area (Å²) in [6.07, 6.45) is 1.22. The lowest BCUT2D eigenvalue weighted by Gasteiger charge is -2.11. The zero-order chi connectivity index (χ0) is 13.0. The minimum Gasteiger partial charge on any atom is -0.388 e. The van der Waals surface area contributed by atoms with Gasteiger partial charge in [0.25, 0.3) is 5.91 Å². The highest BCUT2D eigenvalue weighted by Crippen LogP contribution is 2.22. The van der Waals surface area contributed by atoms with Gasteiger partial charge in [-0.1, -0.05) is 0 Å². The van der Waals surface area contributed by atoms with Gasteiger partial charge in [0, 0.05) is 24.8 Å². The van der Waals surface area contributed by atoms with Gasteiger partial charge >= 0.3 is 0 Å². The molecular formula is C14H20N2OS. The van der Waals surface area contributed by atoms with Crippen LogP contribution in [0.1, 0.15) is 22.3 Å². The number of thioether (sulfide) groups is 1. The highest BCUT2D eigenvalue weighted by atomic mass is 32.2. The van der Waals surface area contributed by atoms with Crippen LogP contribution in [0, 0.1) is 12.8 Å². The third kappa shape index (κ3) is 3.19. The van der Waals surface area contributed by atoms with Crippen LogP contribution in [-0.4, -0.2) is 31.0 Å². The molecule has 1 aromatic carbocycles. The van der Waals surface area contributed by atoms with Crippen molar-refractivity contribution in [2.45, 2.75) is 13.3 Å². The maximum Gasteiger partial charge on any atom is 0.251 e. The Hall–Kier alpha value is -1.16. The molecule has 2 N–H and O–H groups in total. The zero-order valence-electron chi connectivity index (χ0n) is 11.0. The summed E-state index contributed by atoms with van der Waals surface area (Å²) in [6, 6.07) is 5.76. The van der Waals surface area contributed by atoms with Gasteiger partial charge in [-0.2, -0.15) is 11.8 Å². The van der Waals surface area contributed by atoms with Gasteiger partial charge in [-0.05, 0) is 54.5 Å². The predicted molar refractivity (Wildman–Crippen MR) is 78.5 cm³/mol. The van der Waals surface area contributed by atoms with Crippen molar-refractivity contribution in [3.8, 4) is 0 Å². The lowest BCUT2D eigenvalue weighted by Crippen LogP contribution is -2.29. The van der Waals surface area contributed by atoms with Gasteiger partial charge in [0.15, 0.2) is 0 Å². The molecule has 1 amide bonds. The first kappa shape index (κ1) is 13.3. The average Bonchev–Trinajstić information content (AvgIpc) is 2.89. The molecule has 3 nitrogen and oxygen atoms in total. The van der Waals surface area contributed by atoms with Gasteiger partial charge < -0.3 is 10.6 Å². The Labute approximate surface area is 113 Å². The Bertz CT molecular complexity index is 428. The summed E-state index contributed by atoms with van der Waals surface area (Å²) in [5.41, 5.74) is 2.91. The van der Waals surface area contributed by atoms with Gasteiger partial charge in [-0.3, -0.25) is 4.79 Å². The van der Waals surface area contributed by atoms with E-state index in [0.717, 1.165) is 23.4 Å². The minimum absolute atomic E-state index is 0.0395. The molecule has 0 saturated carbocycles. The number of carbonyl (C=O) groups excluding carboxylic acids is 1. The second kappa shape index (κ2) is 6.14. The largest absolute Gasteiger partial charge is 0.388 e. The van der Waals surface area contributed by atoms with Gasteiger partial charge in [-0.25, -0.2) is 0 Å². The van der Waals surface area contributed by atoms with Gasteiger partial charge in [-0.15, -0.1) is 0 Å². The summed E-state index contributed by atoms with van der Waals surface area (Å²) >= 11 is 1.98. The Morgan fingerprint density at radius 3 is 2.94 bits per heavy atom. The molecule has 0 spiro atoms. The first-order valence-electron chi connectivity index (χ1n) is 6.35. The van der Waals surface area contributed by atoms with Crippen LogP contribution in [0.15, 0.2) is 18.2 Å². The summed E-state index contributed by atoms with van der Waals surface area (Å²) in [4.78, 5) is 12.0. The van der Waals surface area contributed by atoms with E-state index in [4.69, 9.17) is 0 Å². The normalized spacial score (nSPS) is 18.7. The number of nitrogens with one attached hydrogen (secondary N) is 2. The SMILES string of the molecule is CNc1ccc(C(=O)NCC2CCSC2)cc1C. The molecule has 1 aliphatic heterocycles. The summed E-state index contributed by atoms with van der Waals surface area (Å²) in [5.74, 6) is 3.10. The number of hydrogen-bond donors (Lipinski definition) is 2. The van der Waals surface area contributed by atoms with E-state index in [1.54, 1.807) is 0 Å². The molecule has 1 aliphatic rings. The molecule has 98 valence electrons. The Balaban J connectivity index is 1.93. The molecule has 1 aromatic rings. The van der Waals surface area contributed by atoms with Crippen LogP contribution in [0.3, 0.4) is 0 Å². The van der Waals surface area contributed by atoms with Crippen LogP contribution in [0.5, 0.6) is 0 Å². The molecule has 0 bridgehead atoms.